The Labute approximate surface area is 485 Å². The molecule has 0 aliphatic heterocycles. The van der Waals surface area contributed by atoms with E-state index >= 15 is 0 Å². The van der Waals surface area contributed by atoms with Gasteiger partial charge in [0, 0.05) is 162 Å². The van der Waals surface area contributed by atoms with Gasteiger partial charge >= 0.3 is 31.3 Å². The van der Waals surface area contributed by atoms with Gasteiger partial charge in [-0.3, -0.25) is 0 Å². The zero-order valence-corrected chi connectivity index (χ0v) is 39.1. The van der Waals surface area contributed by atoms with Crippen LogP contribution < -0.4 is 13.7 Å². The SMILES string of the molecule is Cc1ccc2ccccc2c1-c1c(P)ccc2ccccc12.O=S(=O)(Oc1ccc2ccccc2c1-c1c(OS(=O)(=O)C(F)(F)F)ccc2ccccc12)C(F)(F)F.P.[Ar].[Ar].[Ar].[Ar]. The van der Waals surface area contributed by atoms with E-state index in [1.807, 2.05) is 0 Å². The van der Waals surface area contributed by atoms with Crippen LogP contribution in [0.15, 0.2) is 146 Å². The average molecular weight is 1040 g/mol. The van der Waals surface area contributed by atoms with Gasteiger partial charge in [0.15, 0.2) is 11.5 Å². The molecule has 2 atom stereocenters. The van der Waals surface area contributed by atoms with Crippen molar-refractivity contribution in [2.45, 2.75) is 17.9 Å². The van der Waals surface area contributed by atoms with Crippen LogP contribution in [-0.4, -0.2) is 27.9 Å². The smallest absolute Gasteiger partial charge is 0.375 e. The van der Waals surface area contributed by atoms with Crippen LogP contribution in [0.2, 0.25) is 0 Å². The van der Waals surface area contributed by atoms with Crippen LogP contribution in [-0.2, 0) is 20.2 Å². The number of alkyl halides is 6. The molecule has 20 heteroatoms. The van der Waals surface area contributed by atoms with Crippen LogP contribution in [0.4, 0.5) is 26.3 Å². The number of aryl methyl sites for hydroxylation is 1. The normalized spacial score (nSPS) is 11.4. The minimum atomic E-state index is -6.21. The molecule has 8 aromatic carbocycles. The first kappa shape index (κ1) is 58.9. The van der Waals surface area contributed by atoms with Crippen molar-refractivity contribution in [1.82, 2.24) is 0 Å². The van der Waals surface area contributed by atoms with Gasteiger partial charge in [-0.2, -0.15) is 53.1 Å². The van der Waals surface area contributed by atoms with E-state index in [4.69, 9.17) is 0 Å². The van der Waals surface area contributed by atoms with E-state index in [0.717, 1.165) is 12.1 Å². The molecule has 0 aliphatic carbocycles. The van der Waals surface area contributed by atoms with Gasteiger partial charge in [0.1, 0.15) is 0 Å². The molecule has 8 rings (SSSR count). The van der Waals surface area contributed by atoms with Crippen molar-refractivity contribution in [3.8, 4) is 33.8 Å². The van der Waals surface area contributed by atoms with Crippen molar-refractivity contribution in [2.75, 3.05) is 0 Å². The Kier molecular flexibility index (Phi) is 22.3. The van der Waals surface area contributed by atoms with Crippen LogP contribution >= 0.6 is 19.1 Å². The zero-order chi connectivity index (χ0) is 41.6. The van der Waals surface area contributed by atoms with Crippen molar-refractivity contribution in [2.24, 2.45) is 0 Å². The quantitative estimate of drug-likeness (QED) is 0.0714. The number of fused-ring (bicyclic) bond motifs is 4. The molecule has 0 aromatic heterocycles. The maximum absolute atomic E-state index is 13.1. The molecule has 0 bridgehead atoms. The summed E-state index contributed by atoms with van der Waals surface area (Å²) in [5, 5.41) is 7.24. The fourth-order valence-electron chi connectivity index (χ4n) is 6.77. The molecule has 8 aromatic rings. The molecule has 63 heavy (non-hydrogen) atoms. The van der Waals surface area contributed by atoms with Crippen LogP contribution in [0, 0.1) is 158 Å². The molecule has 0 radical (unpaired) electrons. The second kappa shape index (κ2) is 23.9. The van der Waals surface area contributed by atoms with Crippen LogP contribution in [0.1, 0.15) is 5.56 Å². The van der Waals surface area contributed by atoms with E-state index in [1.165, 1.54) is 92.1 Å². The zero-order valence-electron chi connectivity index (χ0n) is 32.1. The molecule has 0 heterocycles. The largest absolute Gasteiger partial charge is 0.534 e. The predicted octanol–water partition coefficient (Wildman–Crippen LogP) is 11.6. The fourth-order valence-corrected chi connectivity index (χ4v) is 8.10. The topological polar surface area (TPSA) is 86.7 Å². The van der Waals surface area contributed by atoms with Crippen molar-refractivity contribution in [3.63, 3.8) is 0 Å². The van der Waals surface area contributed by atoms with Crippen molar-refractivity contribution in [1.29, 1.82) is 0 Å². The summed E-state index contributed by atoms with van der Waals surface area (Å²) in [6.07, 6.45) is 0. The molecule has 0 fully saturated rings. The number of benzene rings is 8. The molecule has 0 aliphatic rings. The molecular formula is C43H32Ar4F6O6P2S2. The van der Waals surface area contributed by atoms with Gasteiger partial charge < -0.3 is 8.37 Å². The van der Waals surface area contributed by atoms with Gasteiger partial charge in [-0.1, -0.05) is 133 Å². The fraction of sp³-hybridized carbons (Fsp3) is 0.0698. The number of rotatable bonds is 6. The van der Waals surface area contributed by atoms with Crippen molar-refractivity contribution >= 4 is 87.8 Å². The first-order valence-electron chi connectivity index (χ1n) is 17.2. The minimum absolute atomic E-state index is 0. The van der Waals surface area contributed by atoms with Gasteiger partial charge in [0.05, 0.1) is 0 Å². The van der Waals surface area contributed by atoms with E-state index in [1.54, 1.807) is 12.1 Å². The van der Waals surface area contributed by atoms with E-state index in [-0.39, 0.29) is 172 Å². The van der Waals surface area contributed by atoms with Gasteiger partial charge in [-0.15, -0.1) is 9.24 Å². The van der Waals surface area contributed by atoms with E-state index < -0.39 is 53.9 Å². The first-order valence-corrected chi connectivity index (χ1v) is 20.6. The number of halogens is 6. The molecule has 2 unspecified atom stereocenters. The number of hydrogen-bond donors (Lipinski definition) is 0. The Morgan fingerprint density at radius 2 is 0.698 bits per heavy atom. The first-order chi connectivity index (χ1) is 27.4. The molecule has 336 valence electrons. The Hall–Kier alpha value is -0.221. The van der Waals surface area contributed by atoms with Crippen LogP contribution in [0.5, 0.6) is 11.5 Å². The van der Waals surface area contributed by atoms with Gasteiger partial charge in [0.25, 0.3) is 0 Å². The van der Waals surface area contributed by atoms with Crippen molar-refractivity contribution in [3.05, 3.63) is 151 Å². The summed E-state index contributed by atoms with van der Waals surface area (Å²) < 4.78 is 135. The van der Waals surface area contributed by atoms with Gasteiger partial charge in [0.2, 0.25) is 0 Å². The average Bonchev–Trinajstić information content (AvgIpc) is 3.17. The van der Waals surface area contributed by atoms with Crippen LogP contribution in [0.25, 0.3) is 65.3 Å². The molecule has 0 N–H and O–H groups in total. The van der Waals surface area contributed by atoms with Crippen molar-refractivity contribution < 1.29 is 202 Å². The Morgan fingerprint density at radius 3 is 1.05 bits per heavy atom. The van der Waals surface area contributed by atoms with Gasteiger partial charge in [-0.25, -0.2) is 0 Å². The summed E-state index contributed by atoms with van der Waals surface area (Å²) in [6, 6.07) is 42.0. The summed E-state index contributed by atoms with van der Waals surface area (Å²) in [5.41, 5.74) is -8.51. The predicted molar refractivity (Wildman–Crippen MR) is 230 cm³/mol. The molecule has 0 amide bonds. The van der Waals surface area contributed by atoms with E-state index in [0.29, 0.717) is 10.8 Å². The molecule has 6 nitrogen and oxygen atoms in total. The minimum Gasteiger partial charge on any atom is -0.375 e. The molecular weight excluding hydrogens is 1010 g/mol. The third-order valence-electron chi connectivity index (χ3n) is 9.35. The molecule has 0 spiro atoms. The summed E-state index contributed by atoms with van der Waals surface area (Å²) in [4.78, 5) is 0. The molecule has 0 saturated heterocycles. The second-order valence-electron chi connectivity index (χ2n) is 13.0. The maximum atomic E-state index is 13.1. The Morgan fingerprint density at radius 1 is 0.413 bits per heavy atom. The Bertz CT molecular complexity index is 2930. The van der Waals surface area contributed by atoms with Gasteiger partial charge in [-0.05, 0) is 84.1 Å². The van der Waals surface area contributed by atoms with Crippen LogP contribution in [0.3, 0.4) is 0 Å². The summed E-state index contributed by atoms with van der Waals surface area (Å²) in [6.45, 7) is 2.20. The second-order valence-corrected chi connectivity index (χ2v) is 16.7. The summed E-state index contributed by atoms with van der Waals surface area (Å²) in [5.74, 6) is -1.81. The summed E-state index contributed by atoms with van der Waals surface area (Å²) in [7, 11) is -9.52. The summed E-state index contributed by atoms with van der Waals surface area (Å²) >= 11 is 0. The molecule has 0 saturated carbocycles. The third-order valence-corrected chi connectivity index (χ3v) is 11.8. The third kappa shape index (κ3) is 12.7. The monoisotopic (exact) mass is 1040 g/mol. The Balaban J connectivity index is 0.000000438. The van der Waals surface area contributed by atoms with E-state index in [2.05, 4.69) is 97.3 Å². The standard InChI is InChI=1S/C22H12F6O6S2.C21H17P.4Ar.H3P/c23-21(24,25)35(29,30)33-17-11-9-13-5-1-3-7-15(13)19(17)20-16-8-4-2-6-14(16)10-12-18(20)34-36(31,32)22(26,27)28;1-14-10-11-15-6-2-4-8-17(15)20(14)21-18-9-5-3-7-16(18)12-13-19(21)22;;;;;/h1-12H;2-13H,22H2,1H3;;;;;1H3. The van der Waals surface area contributed by atoms with E-state index in [9.17, 15) is 43.2 Å². The number of hydrogen-bond acceptors (Lipinski definition) is 6. The maximum Gasteiger partial charge on any atom is 0.534 e.